The maximum atomic E-state index is 9.45. The second-order valence-electron chi connectivity index (χ2n) is 2.03. The number of hydrogen-bond donors (Lipinski definition) is 5. The Morgan fingerprint density at radius 1 is 1.00 bits per heavy atom. The fourth-order valence-electron chi connectivity index (χ4n) is 0. The predicted octanol–water partition coefficient (Wildman–Crippen LogP) is -1.09. The zero-order valence-electron chi connectivity index (χ0n) is 10.2. The van der Waals surface area contributed by atoms with Crippen molar-refractivity contribution in [1.82, 2.24) is 6.15 Å². The SMILES string of the molecule is CC(O)C(=O)O.CC(O)C(=O)O.N.[Ca+2].[H-].[H-]. The number of hydrogen-bond acceptors (Lipinski definition) is 5. The second kappa shape index (κ2) is 13.1. The van der Waals surface area contributed by atoms with Crippen LogP contribution in [0.25, 0.3) is 0 Å². The van der Waals surface area contributed by atoms with Crippen LogP contribution in [0.2, 0.25) is 0 Å². The molecule has 0 aliphatic heterocycles. The number of aliphatic hydroxyl groups is 2. The number of carboxylic acids is 2. The third-order valence-electron chi connectivity index (χ3n) is 0.715. The van der Waals surface area contributed by atoms with Crippen LogP contribution >= 0.6 is 0 Å². The Bertz CT molecular complexity index is 151. The van der Waals surface area contributed by atoms with Gasteiger partial charge in [-0.2, -0.15) is 0 Å². The average molecular weight is 239 g/mol. The maximum Gasteiger partial charge on any atom is 2.00 e. The van der Waals surface area contributed by atoms with Crippen LogP contribution in [0.1, 0.15) is 16.7 Å². The van der Waals surface area contributed by atoms with Crippen LogP contribution < -0.4 is 6.15 Å². The molecule has 0 aromatic rings. The number of aliphatic hydroxyl groups excluding tert-OH is 2. The zero-order valence-corrected chi connectivity index (χ0v) is 10.4. The number of carboxylic acid groups (broad SMARTS) is 2. The summed E-state index contributed by atoms with van der Waals surface area (Å²) in [7, 11) is 0. The molecule has 0 aromatic heterocycles. The summed E-state index contributed by atoms with van der Waals surface area (Å²) < 4.78 is 0. The van der Waals surface area contributed by atoms with Crippen molar-refractivity contribution in [3.05, 3.63) is 0 Å². The fourth-order valence-corrected chi connectivity index (χ4v) is 0. The van der Waals surface area contributed by atoms with Crippen LogP contribution in [-0.2, 0) is 9.59 Å². The first-order valence-corrected chi connectivity index (χ1v) is 3.10. The molecule has 0 fully saturated rings. The monoisotopic (exact) mass is 239 g/mol. The molecule has 0 saturated heterocycles. The van der Waals surface area contributed by atoms with Gasteiger partial charge in [0.2, 0.25) is 0 Å². The second-order valence-corrected chi connectivity index (χ2v) is 2.03. The van der Waals surface area contributed by atoms with Crippen molar-refractivity contribution in [2.45, 2.75) is 26.1 Å². The van der Waals surface area contributed by atoms with Gasteiger partial charge in [-0.15, -0.1) is 0 Å². The summed E-state index contributed by atoms with van der Waals surface area (Å²) in [5, 5.41) is 31.5. The Morgan fingerprint density at radius 3 is 1.07 bits per heavy atom. The molecule has 2 atom stereocenters. The third kappa shape index (κ3) is 22.7. The molecular formula is C6H17CaNO6. The van der Waals surface area contributed by atoms with Crippen molar-refractivity contribution in [1.29, 1.82) is 0 Å². The summed E-state index contributed by atoms with van der Waals surface area (Å²) in [6.07, 6.45) is -2.46. The summed E-state index contributed by atoms with van der Waals surface area (Å²) in [6.45, 7) is 2.39. The van der Waals surface area contributed by atoms with Gasteiger partial charge < -0.3 is 29.4 Å². The quantitative estimate of drug-likeness (QED) is 0.384. The molecule has 7 N–H and O–H groups in total. The Morgan fingerprint density at radius 2 is 1.07 bits per heavy atom. The van der Waals surface area contributed by atoms with Gasteiger partial charge >= 0.3 is 49.7 Å². The molecule has 8 heteroatoms. The van der Waals surface area contributed by atoms with Crippen molar-refractivity contribution in [2.75, 3.05) is 0 Å². The summed E-state index contributed by atoms with van der Waals surface area (Å²) in [6, 6.07) is 0. The van der Waals surface area contributed by atoms with Gasteiger partial charge in [0.25, 0.3) is 0 Å². The van der Waals surface area contributed by atoms with Gasteiger partial charge in [0.15, 0.2) is 0 Å². The first-order valence-electron chi connectivity index (χ1n) is 3.10. The molecular weight excluding hydrogens is 222 g/mol. The molecule has 0 aliphatic carbocycles. The van der Waals surface area contributed by atoms with Crippen LogP contribution in [0.4, 0.5) is 0 Å². The van der Waals surface area contributed by atoms with Crippen LogP contribution in [0.15, 0.2) is 0 Å². The largest absolute Gasteiger partial charge is 2.00 e. The van der Waals surface area contributed by atoms with E-state index < -0.39 is 24.1 Å². The molecule has 2 unspecified atom stereocenters. The Balaban J connectivity index is -0.0000000250. The first kappa shape index (κ1) is 23.7. The molecule has 0 spiro atoms. The molecule has 0 aromatic carbocycles. The normalized spacial score (nSPS) is 11.7. The van der Waals surface area contributed by atoms with Gasteiger partial charge in [-0.25, -0.2) is 9.59 Å². The van der Waals surface area contributed by atoms with Crippen molar-refractivity contribution in [3.8, 4) is 0 Å². The van der Waals surface area contributed by atoms with Gasteiger partial charge in [0.05, 0.1) is 0 Å². The predicted molar refractivity (Wildman–Crippen MR) is 51.6 cm³/mol. The van der Waals surface area contributed by atoms with E-state index >= 15 is 0 Å². The third-order valence-corrected chi connectivity index (χ3v) is 0.715. The topological polar surface area (TPSA) is 150 Å². The van der Waals surface area contributed by atoms with Crippen LogP contribution in [0.3, 0.4) is 0 Å². The molecule has 0 saturated carbocycles. The van der Waals surface area contributed by atoms with Crippen molar-refractivity contribution >= 4 is 49.7 Å². The number of carbonyl (C=O) groups is 2. The smallest absolute Gasteiger partial charge is 1.00 e. The standard InChI is InChI=1S/2C3H6O3.Ca.H3N.2H/c2*1-2(4)3(5)6;;;;/h2*2,4H,1H3,(H,5,6);;1H3;;/q;;+2;;2*-1. The van der Waals surface area contributed by atoms with Crippen LogP contribution in [0, 0.1) is 0 Å². The van der Waals surface area contributed by atoms with Crippen LogP contribution in [0.5, 0.6) is 0 Å². The molecule has 0 rings (SSSR count). The van der Waals surface area contributed by atoms with Crippen molar-refractivity contribution in [2.24, 2.45) is 0 Å². The van der Waals surface area contributed by atoms with E-state index in [1.165, 1.54) is 13.8 Å². The van der Waals surface area contributed by atoms with Crippen molar-refractivity contribution < 1.29 is 32.9 Å². The van der Waals surface area contributed by atoms with E-state index in [2.05, 4.69) is 0 Å². The van der Waals surface area contributed by atoms with E-state index in [1.54, 1.807) is 0 Å². The Hall–Kier alpha value is 0.0797. The molecule has 14 heavy (non-hydrogen) atoms. The van der Waals surface area contributed by atoms with E-state index in [9.17, 15) is 9.59 Å². The van der Waals surface area contributed by atoms with E-state index in [-0.39, 0.29) is 46.7 Å². The Labute approximate surface area is 114 Å². The van der Waals surface area contributed by atoms with E-state index in [0.29, 0.717) is 0 Å². The van der Waals surface area contributed by atoms with Gasteiger partial charge in [0, 0.05) is 0 Å². The number of aliphatic carboxylic acids is 2. The van der Waals surface area contributed by atoms with Crippen molar-refractivity contribution in [3.63, 3.8) is 0 Å². The molecule has 0 radical (unpaired) electrons. The zero-order chi connectivity index (χ0) is 10.3. The number of rotatable bonds is 2. The summed E-state index contributed by atoms with van der Waals surface area (Å²) >= 11 is 0. The maximum absolute atomic E-state index is 9.45. The molecule has 0 amide bonds. The summed E-state index contributed by atoms with van der Waals surface area (Å²) in [5.74, 6) is -2.37. The minimum atomic E-state index is -1.23. The molecule has 0 bridgehead atoms. The van der Waals surface area contributed by atoms with Gasteiger partial charge in [0.1, 0.15) is 12.2 Å². The molecule has 84 valence electrons. The van der Waals surface area contributed by atoms with E-state index in [0.717, 1.165) is 0 Å². The van der Waals surface area contributed by atoms with Gasteiger partial charge in [-0.05, 0) is 13.8 Å². The van der Waals surface area contributed by atoms with Gasteiger partial charge in [-0.3, -0.25) is 0 Å². The molecule has 0 aliphatic rings. The molecule has 0 heterocycles. The van der Waals surface area contributed by atoms with E-state index in [1.807, 2.05) is 0 Å². The van der Waals surface area contributed by atoms with E-state index in [4.69, 9.17) is 20.4 Å². The molecule has 7 nitrogen and oxygen atoms in total. The first-order chi connectivity index (χ1) is 5.29. The van der Waals surface area contributed by atoms with Crippen LogP contribution in [-0.4, -0.2) is 82.3 Å². The summed E-state index contributed by atoms with van der Waals surface area (Å²) in [4.78, 5) is 18.9. The summed E-state index contributed by atoms with van der Waals surface area (Å²) in [5.41, 5.74) is 0. The Kier molecular flexibility index (Phi) is 22.1. The fraction of sp³-hybridized carbons (Fsp3) is 0.667. The van der Waals surface area contributed by atoms with Gasteiger partial charge in [-0.1, -0.05) is 0 Å². The average Bonchev–Trinajstić information content (AvgIpc) is 1.88. The minimum absolute atomic E-state index is 0. The minimum Gasteiger partial charge on any atom is -1.00 e.